The van der Waals surface area contributed by atoms with E-state index in [0.717, 1.165) is 26.3 Å². The SMILES string of the molecule is [2H]c1c([2H])c([2H])c(-n2c(-n3c4ccccc4c4ccc(Oc5cccc(Br)c5)cc43)nc3ccccc32)c([2H])c1[2H]. The van der Waals surface area contributed by atoms with E-state index in [0.29, 0.717) is 28.5 Å². The molecule has 4 nitrogen and oxygen atoms in total. The van der Waals surface area contributed by atoms with Crippen LogP contribution in [-0.2, 0) is 0 Å². The Morgan fingerprint density at radius 2 is 1.42 bits per heavy atom. The molecule has 0 saturated carbocycles. The average Bonchev–Trinajstić information content (AvgIpc) is 3.50. The van der Waals surface area contributed by atoms with Crippen molar-refractivity contribution in [2.45, 2.75) is 0 Å². The normalized spacial score (nSPS) is 13.4. The van der Waals surface area contributed by atoms with E-state index in [1.54, 1.807) is 4.57 Å². The van der Waals surface area contributed by atoms with E-state index in [-0.39, 0.29) is 17.8 Å². The zero-order chi connectivity index (χ0) is 28.4. The van der Waals surface area contributed by atoms with Gasteiger partial charge in [0.25, 0.3) is 0 Å². The lowest BCUT2D eigenvalue weighted by Crippen LogP contribution is -2.05. The molecule has 0 bridgehead atoms. The van der Waals surface area contributed by atoms with Crippen molar-refractivity contribution in [1.82, 2.24) is 14.1 Å². The van der Waals surface area contributed by atoms with Gasteiger partial charge in [0.2, 0.25) is 5.95 Å². The Morgan fingerprint density at radius 1 is 0.667 bits per heavy atom. The molecule has 5 aromatic carbocycles. The van der Waals surface area contributed by atoms with Crippen molar-refractivity contribution in [2.75, 3.05) is 0 Å². The van der Waals surface area contributed by atoms with Crippen LogP contribution >= 0.6 is 15.9 Å². The van der Waals surface area contributed by atoms with E-state index < -0.39 is 18.1 Å². The van der Waals surface area contributed by atoms with Crippen LogP contribution in [0.1, 0.15) is 6.85 Å². The first kappa shape index (κ1) is 16.3. The van der Waals surface area contributed by atoms with Crippen molar-refractivity contribution < 1.29 is 11.6 Å². The highest BCUT2D eigenvalue weighted by Crippen LogP contribution is 2.37. The van der Waals surface area contributed by atoms with E-state index in [4.69, 9.17) is 16.6 Å². The van der Waals surface area contributed by atoms with Gasteiger partial charge in [-0.1, -0.05) is 70.5 Å². The van der Waals surface area contributed by atoms with Crippen molar-refractivity contribution >= 4 is 48.8 Å². The Morgan fingerprint density at radius 3 is 2.28 bits per heavy atom. The van der Waals surface area contributed by atoms with Crippen LogP contribution in [0.15, 0.2) is 126 Å². The quantitative estimate of drug-likeness (QED) is 0.226. The second kappa shape index (κ2) is 8.40. The minimum Gasteiger partial charge on any atom is -0.457 e. The number of nitrogens with zero attached hydrogens (tertiary/aromatic N) is 3. The summed E-state index contributed by atoms with van der Waals surface area (Å²) in [5.41, 5.74) is 2.93. The largest absolute Gasteiger partial charge is 0.457 e. The summed E-state index contributed by atoms with van der Waals surface area (Å²) >= 11 is 3.49. The van der Waals surface area contributed by atoms with E-state index in [1.807, 2.05) is 95.6 Å². The van der Waals surface area contributed by atoms with Gasteiger partial charge in [0.05, 0.1) is 28.9 Å². The number of hydrogen-bond acceptors (Lipinski definition) is 2. The predicted octanol–water partition coefficient (Wildman–Crippen LogP) is 8.68. The van der Waals surface area contributed by atoms with Gasteiger partial charge in [-0.3, -0.25) is 9.13 Å². The van der Waals surface area contributed by atoms with Crippen LogP contribution in [0, 0.1) is 0 Å². The lowest BCUT2D eigenvalue weighted by molar-refractivity contribution is 0.483. The van der Waals surface area contributed by atoms with E-state index in [1.165, 1.54) is 0 Å². The van der Waals surface area contributed by atoms with Crippen molar-refractivity contribution in [2.24, 2.45) is 0 Å². The molecule has 0 aliphatic rings. The summed E-state index contributed by atoms with van der Waals surface area (Å²) < 4.78 is 53.0. The number of halogens is 1. The fourth-order valence-corrected chi connectivity index (χ4v) is 5.01. The van der Waals surface area contributed by atoms with Gasteiger partial charge in [-0.2, -0.15) is 0 Å². The smallest absolute Gasteiger partial charge is 0.220 e. The maximum Gasteiger partial charge on any atom is 0.220 e. The van der Waals surface area contributed by atoms with E-state index in [2.05, 4.69) is 15.9 Å². The molecule has 0 amide bonds. The first-order valence-electron chi connectivity index (χ1n) is 13.9. The highest BCUT2D eigenvalue weighted by molar-refractivity contribution is 9.10. The molecule has 0 aliphatic heterocycles. The molecule has 0 fully saturated rings. The maximum absolute atomic E-state index is 8.76. The highest BCUT2D eigenvalue weighted by atomic mass is 79.9. The molecule has 0 saturated heterocycles. The monoisotopic (exact) mass is 534 g/mol. The Bertz CT molecular complexity index is 2140. The van der Waals surface area contributed by atoms with Gasteiger partial charge in [-0.15, -0.1) is 0 Å². The van der Waals surface area contributed by atoms with Gasteiger partial charge >= 0.3 is 0 Å². The summed E-state index contributed by atoms with van der Waals surface area (Å²) in [6.07, 6.45) is 0. The second-order valence-electron chi connectivity index (χ2n) is 8.30. The van der Waals surface area contributed by atoms with Gasteiger partial charge in [0.1, 0.15) is 11.5 Å². The fourth-order valence-electron chi connectivity index (χ4n) is 4.63. The molecule has 5 heteroatoms. The number of rotatable bonds is 4. The van der Waals surface area contributed by atoms with Crippen LogP contribution in [0.3, 0.4) is 0 Å². The number of fused-ring (bicyclic) bond motifs is 4. The van der Waals surface area contributed by atoms with Crippen LogP contribution in [0.2, 0.25) is 0 Å². The Hall–Kier alpha value is -4.35. The van der Waals surface area contributed by atoms with Gasteiger partial charge in [-0.25, -0.2) is 4.98 Å². The predicted molar refractivity (Wildman–Crippen MR) is 150 cm³/mol. The molecule has 0 N–H and O–H groups in total. The summed E-state index contributed by atoms with van der Waals surface area (Å²) in [5, 5.41) is 1.94. The highest BCUT2D eigenvalue weighted by Gasteiger charge is 2.20. The van der Waals surface area contributed by atoms with Gasteiger partial charge in [0, 0.05) is 27.0 Å². The van der Waals surface area contributed by atoms with Gasteiger partial charge < -0.3 is 4.74 Å². The van der Waals surface area contributed by atoms with Crippen LogP contribution in [0.4, 0.5) is 0 Å². The van der Waals surface area contributed by atoms with E-state index >= 15 is 0 Å². The first-order valence-corrected chi connectivity index (χ1v) is 12.1. The molecule has 7 rings (SSSR count). The topological polar surface area (TPSA) is 32.0 Å². The van der Waals surface area contributed by atoms with Crippen LogP contribution in [-0.4, -0.2) is 14.1 Å². The standard InChI is InChI=1S/C31H20BrN3O/c32-21-9-8-12-23(19-21)36-24-17-18-26-25-13-4-6-15-28(25)35(30(26)20-24)31-33-27-14-5-7-16-29(27)34(31)22-10-2-1-3-11-22/h1-20H/i1D,2D,3D,10D,11D. The zero-order valence-electron chi connectivity index (χ0n) is 23.8. The molecule has 0 atom stereocenters. The minimum absolute atomic E-state index is 0.0344. The molecule has 0 radical (unpaired) electrons. The maximum atomic E-state index is 8.76. The van der Waals surface area contributed by atoms with Crippen molar-refractivity contribution in [1.29, 1.82) is 0 Å². The molecular weight excluding hydrogens is 510 g/mol. The summed E-state index contributed by atoms with van der Waals surface area (Å²) in [6.45, 7) is 0. The third-order valence-corrected chi connectivity index (χ3v) is 6.62. The summed E-state index contributed by atoms with van der Waals surface area (Å²) in [7, 11) is 0. The number of ether oxygens (including phenoxy) is 1. The number of imidazole rings is 1. The molecule has 172 valence electrons. The molecule has 0 spiro atoms. The molecule has 0 unspecified atom stereocenters. The van der Waals surface area contributed by atoms with Crippen molar-refractivity contribution in [3.63, 3.8) is 0 Å². The lowest BCUT2D eigenvalue weighted by Gasteiger charge is -2.13. The number of para-hydroxylation sites is 4. The van der Waals surface area contributed by atoms with Crippen LogP contribution in [0.5, 0.6) is 11.5 Å². The molecule has 2 aromatic heterocycles. The first-order chi connectivity index (χ1) is 19.8. The number of hydrogen-bond donors (Lipinski definition) is 0. The Balaban J connectivity index is 1.58. The third-order valence-electron chi connectivity index (χ3n) is 6.13. The summed E-state index contributed by atoms with van der Waals surface area (Å²) in [6, 6.07) is 26.9. The molecular formula is C31H20BrN3O. The van der Waals surface area contributed by atoms with Crippen LogP contribution in [0.25, 0.3) is 44.5 Å². The lowest BCUT2D eigenvalue weighted by atomic mass is 10.1. The van der Waals surface area contributed by atoms with Crippen LogP contribution < -0.4 is 4.74 Å². The Labute approximate surface area is 223 Å². The summed E-state index contributed by atoms with van der Waals surface area (Å²) in [5.74, 6) is 1.69. The fraction of sp³-hybridized carbons (Fsp3) is 0. The minimum atomic E-state index is -0.444. The molecule has 36 heavy (non-hydrogen) atoms. The van der Waals surface area contributed by atoms with E-state index in [9.17, 15) is 0 Å². The number of benzene rings is 5. The Kier molecular flexibility index (Phi) is 3.81. The van der Waals surface area contributed by atoms with Gasteiger partial charge in [0.15, 0.2) is 0 Å². The molecule has 2 heterocycles. The molecule has 0 aliphatic carbocycles. The van der Waals surface area contributed by atoms with Gasteiger partial charge in [-0.05, 0) is 60.6 Å². The zero-order valence-corrected chi connectivity index (χ0v) is 20.4. The number of aromatic nitrogens is 3. The third kappa shape index (κ3) is 3.40. The van der Waals surface area contributed by atoms with Crippen molar-refractivity contribution in [3.05, 3.63) is 126 Å². The second-order valence-corrected chi connectivity index (χ2v) is 9.22. The summed E-state index contributed by atoms with van der Waals surface area (Å²) in [4.78, 5) is 4.96. The average molecular weight is 535 g/mol. The van der Waals surface area contributed by atoms with Crippen molar-refractivity contribution in [3.8, 4) is 23.1 Å². The molecule has 7 aromatic rings.